The Balaban J connectivity index is 1.71. The van der Waals surface area contributed by atoms with Gasteiger partial charge < -0.3 is 14.4 Å². The first-order chi connectivity index (χ1) is 15.4. The van der Waals surface area contributed by atoms with Crippen LogP contribution < -0.4 is 4.74 Å². The highest BCUT2D eigenvalue weighted by atomic mass is 35.5. The van der Waals surface area contributed by atoms with Crippen molar-refractivity contribution >= 4 is 29.2 Å². The summed E-state index contributed by atoms with van der Waals surface area (Å²) < 4.78 is 7.48. The smallest absolute Gasteiger partial charge is 0.354 e. The Morgan fingerprint density at radius 2 is 1.88 bits per heavy atom. The zero-order valence-corrected chi connectivity index (χ0v) is 18.6. The zero-order valence-electron chi connectivity index (χ0n) is 17.1. The van der Waals surface area contributed by atoms with Crippen molar-refractivity contribution in [2.24, 2.45) is 0 Å². The third kappa shape index (κ3) is 4.77. The van der Waals surface area contributed by atoms with Crippen LogP contribution in [0.2, 0.25) is 10.0 Å². The van der Waals surface area contributed by atoms with E-state index < -0.39 is 5.97 Å². The lowest BCUT2D eigenvalue weighted by molar-refractivity contribution is 0.0685. The Morgan fingerprint density at radius 1 is 1.09 bits per heavy atom. The van der Waals surface area contributed by atoms with Crippen molar-refractivity contribution in [2.75, 3.05) is 0 Å². The van der Waals surface area contributed by atoms with E-state index in [4.69, 9.17) is 27.9 Å². The van der Waals surface area contributed by atoms with Crippen LogP contribution in [0.4, 0.5) is 0 Å². The standard InChI is InChI=1S/C24H19Cl2N3O3/c1-15-22(24(30)31)29(13-18-9-19(25)7-8-21(18)26)23(28-15)17-10-20(12-27-11-17)32-14-16-5-3-2-4-6-16/h2-12H,13-14H2,1H3,(H,30,31). The first-order valence-corrected chi connectivity index (χ1v) is 10.5. The molecule has 162 valence electrons. The summed E-state index contributed by atoms with van der Waals surface area (Å²) >= 11 is 12.5. The van der Waals surface area contributed by atoms with Gasteiger partial charge in [-0.25, -0.2) is 9.78 Å². The fourth-order valence-electron chi connectivity index (χ4n) is 3.41. The Morgan fingerprint density at radius 3 is 2.62 bits per heavy atom. The SMILES string of the molecule is Cc1nc(-c2cncc(OCc3ccccc3)c2)n(Cc2cc(Cl)ccc2Cl)c1C(=O)O. The van der Waals surface area contributed by atoms with Crippen LogP contribution in [0.1, 0.15) is 27.3 Å². The number of halogens is 2. The van der Waals surface area contributed by atoms with E-state index in [1.54, 1.807) is 48.1 Å². The normalized spacial score (nSPS) is 10.8. The number of hydrogen-bond acceptors (Lipinski definition) is 4. The number of ether oxygens (including phenoxy) is 1. The fourth-order valence-corrected chi connectivity index (χ4v) is 3.79. The molecule has 0 bridgehead atoms. The molecule has 0 saturated heterocycles. The predicted octanol–water partition coefficient (Wildman–Crippen LogP) is 5.89. The quantitative estimate of drug-likeness (QED) is 0.366. The number of aromatic carboxylic acids is 1. The van der Waals surface area contributed by atoms with Crippen LogP contribution in [-0.4, -0.2) is 25.6 Å². The number of rotatable bonds is 7. The Labute approximate surface area is 195 Å². The van der Waals surface area contributed by atoms with E-state index in [9.17, 15) is 9.90 Å². The van der Waals surface area contributed by atoms with E-state index in [1.807, 2.05) is 30.3 Å². The minimum Gasteiger partial charge on any atom is -0.487 e. The minimum atomic E-state index is -1.08. The van der Waals surface area contributed by atoms with Crippen LogP contribution in [0.25, 0.3) is 11.4 Å². The van der Waals surface area contributed by atoms with Crippen LogP contribution >= 0.6 is 23.2 Å². The summed E-state index contributed by atoms with van der Waals surface area (Å²) in [6.45, 7) is 2.23. The van der Waals surface area contributed by atoms with Crippen molar-refractivity contribution in [2.45, 2.75) is 20.1 Å². The maximum Gasteiger partial charge on any atom is 0.354 e. The third-order valence-corrected chi connectivity index (χ3v) is 5.50. The van der Waals surface area contributed by atoms with Crippen molar-refractivity contribution in [1.82, 2.24) is 14.5 Å². The number of pyridine rings is 1. The van der Waals surface area contributed by atoms with Gasteiger partial charge in [0.25, 0.3) is 0 Å². The topological polar surface area (TPSA) is 77.2 Å². The highest BCUT2D eigenvalue weighted by molar-refractivity contribution is 6.33. The van der Waals surface area contributed by atoms with Gasteiger partial charge in [-0.15, -0.1) is 0 Å². The highest BCUT2D eigenvalue weighted by Crippen LogP contribution is 2.29. The van der Waals surface area contributed by atoms with Gasteiger partial charge in [-0.2, -0.15) is 0 Å². The van der Waals surface area contributed by atoms with Gasteiger partial charge in [-0.3, -0.25) is 4.98 Å². The maximum atomic E-state index is 12.0. The van der Waals surface area contributed by atoms with Crippen molar-refractivity contribution in [1.29, 1.82) is 0 Å². The number of hydrogen-bond donors (Lipinski definition) is 1. The Bertz CT molecular complexity index is 1270. The zero-order chi connectivity index (χ0) is 22.7. The van der Waals surface area contributed by atoms with Crippen molar-refractivity contribution in [3.8, 4) is 17.1 Å². The second-order valence-corrected chi connectivity index (χ2v) is 8.02. The van der Waals surface area contributed by atoms with Gasteiger partial charge in [-0.1, -0.05) is 53.5 Å². The molecule has 0 saturated carbocycles. The molecule has 0 atom stereocenters. The summed E-state index contributed by atoms with van der Waals surface area (Å²) in [7, 11) is 0. The van der Waals surface area contributed by atoms with Gasteiger partial charge in [0.05, 0.1) is 18.4 Å². The van der Waals surface area contributed by atoms with Gasteiger partial charge in [-0.05, 0) is 42.3 Å². The van der Waals surface area contributed by atoms with Gasteiger partial charge in [0, 0.05) is 21.8 Å². The summed E-state index contributed by atoms with van der Waals surface area (Å²) in [6.07, 6.45) is 3.23. The molecule has 0 aliphatic rings. The lowest BCUT2D eigenvalue weighted by atomic mass is 10.2. The number of imidazole rings is 1. The number of aromatic nitrogens is 3. The van der Waals surface area contributed by atoms with E-state index >= 15 is 0 Å². The Kier molecular flexibility index (Phi) is 6.44. The van der Waals surface area contributed by atoms with Crippen LogP contribution in [-0.2, 0) is 13.2 Å². The van der Waals surface area contributed by atoms with E-state index in [0.717, 1.165) is 5.56 Å². The van der Waals surface area contributed by atoms with E-state index in [-0.39, 0.29) is 12.2 Å². The molecule has 0 radical (unpaired) electrons. The molecule has 0 unspecified atom stereocenters. The molecule has 6 nitrogen and oxygen atoms in total. The van der Waals surface area contributed by atoms with E-state index in [0.29, 0.717) is 45.0 Å². The molecule has 2 aromatic carbocycles. The number of nitrogens with zero attached hydrogens (tertiary/aromatic N) is 3. The highest BCUT2D eigenvalue weighted by Gasteiger charge is 2.22. The molecule has 0 fully saturated rings. The number of carboxylic acids is 1. The van der Waals surface area contributed by atoms with Gasteiger partial charge in [0.1, 0.15) is 18.2 Å². The monoisotopic (exact) mass is 467 g/mol. The number of benzene rings is 2. The molecule has 0 aliphatic heterocycles. The average molecular weight is 468 g/mol. The molecule has 2 heterocycles. The molecule has 0 spiro atoms. The second-order valence-electron chi connectivity index (χ2n) is 7.18. The molecule has 4 rings (SSSR count). The number of carboxylic acid groups (broad SMARTS) is 1. The van der Waals surface area contributed by atoms with Gasteiger partial charge >= 0.3 is 5.97 Å². The largest absolute Gasteiger partial charge is 0.487 e. The average Bonchev–Trinajstić information content (AvgIpc) is 3.12. The van der Waals surface area contributed by atoms with Crippen LogP contribution in [0.15, 0.2) is 67.0 Å². The predicted molar refractivity (Wildman–Crippen MR) is 123 cm³/mol. The molecule has 4 aromatic rings. The molecule has 0 amide bonds. The van der Waals surface area contributed by atoms with Crippen LogP contribution in [0.3, 0.4) is 0 Å². The summed E-state index contributed by atoms with van der Waals surface area (Å²) in [5.41, 5.74) is 2.81. The summed E-state index contributed by atoms with van der Waals surface area (Å²) in [5.74, 6) is -0.0753. The molecule has 32 heavy (non-hydrogen) atoms. The van der Waals surface area contributed by atoms with E-state index in [2.05, 4.69) is 9.97 Å². The lowest BCUT2D eigenvalue weighted by Crippen LogP contribution is -2.12. The number of carbonyl (C=O) groups is 1. The van der Waals surface area contributed by atoms with Crippen LogP contribution in [0.5, 0.6) is 5.75 Å². The third-order valence-electron chi connectivity index (χ3n) is 4.90. The van der Waals surface area contributed by atoms with Crippen molar-refractivity contribution < 1.29 is 14.6 Å². The first-order valence-electron chi connectivity index (χ1n) is 9.79. The van der Waals surface area contributed by atoms with Crippen LogP contribution in [0, 0.1) is 6.92 Å². The molecule has 8 heteroatoms. The molecule has 1 N–H and O–H groups in total. The minimum absolute atomic E-state index is 0.0756. The lowest BCUT2D eigenvalue weighted by Gasteiger charge is -2.13. The Hall–Kier alpha value is -3.35. The van der Waals surface area contributed by atoms with E-state index in [1.165, 1.54) is 0 Å². The van der Waals surface area contributed by atoms with Crippen molar-refractivity contribution in [3.05, 3.63) is 99.6 Å². The van der Waals surface area contributed by atoms with Gasteiger partial charge in [0.15, 0.2) is 5.69 Å². The molecular formula is C24H19Cl2N3O3. The summed E-state index contributed by atoms with van der Waals surface area (Å²) in [5, 5.41) is 10.8. The fraction of sp³-hybridized carbons (Fsp3) is 0.125. The summed E-state index contributed by atoms with van der Waals surface area (Å²) in [4.78, 5) is 20.8. The summed E-state index contributed by atoms with van der Waals surface area (Å²) in [6, 6.07) is 16.7. The molecular weight excluding hydrogens is 449 g/mol. The maximum absolute atomic E-state index is 12.0. The van der Waals surface area contributed by atoms with Gasteiger partial charge in [0.2, 0.25) is 0 Å². The second kappa shape index (κ2) is 9.42. The molecule has 0 aliphatic carbocycles. The molecule has 2 aromatic heterocycles. The first kappa shape index (κ1) is 21.9. The van der Waals surface area contributed by atoms with Crippen molar-refractivity contribution in [3.63, 3.8) is 0 Å². The number of aryl methyl sites for hydroxylation is 1.